The third-order valence-electron chi connectivity index (χ3n) is 5.26. The van der Waals surface area contributed by atoms with Crippen molar-refractivity contribution in [2.24, 2.45) is 0 Å². The third kappa shape index (κ3) is 3.46. The molecule has 3 aromatic carbocycles. The monoisotopic (exact) mass is 600 g/mol. The summed E-state index contributed by atoms with van der Waals surface area (Å²) in [5.41, 5.74) is 2.75. The molecule has 0 amide bonds. The standard InChI is InChI=1S/3C7H7.2C2H4O2.Bi/c3*1-7-5-3-2-4-6-7;2*1-2(3)4;/h3*2-5H,1H3;2*1H3,(H,3,4);/q;;;;;+2/p-2. The second kappa shape index (κ2) is 8.31. The fraction of sp³-hybridized carbons (Fsp3) is 0.200. The molecule has 0 aliphatic heterocycles. The maximum atomic E-state index is 12.7. The number of carbonyl (C=O) groups is 2. The molecule has 0 atom stereocenters. The van der Waals surface area contributed by atoms with Gasteiger partial charge >= 0.3 is 181 Å². The molecule has 0 bridgehead atoms. The topological polar surface area (TPSA) is 52.6 Å². The van der Waals surface area contributed by atoms with Crippen LogP contribution in [0.3, 0.4) is 0 Å². The predicted molar refractivity (Wildman–Crippen MR) is 122 cm³/mol. The summed E-state index contributed by atoms with van der Waals surface area (Å²) >= 11 is -5.82. The van der Waals surface area contributed by atoms with E-state index in [1.165, 1.54) is 13.8 Å². The first-order chi connectivity index (χ1) is 14.2. The van der Waals surface area contributed by atoms with Crippen LogP contribution in [0.1, 0.15) is 30.5 Å². The van der Waals surface area contributed by atoms with Crippen LogP contribution in [0.15, 0.2) is 72.8 Å². The molecule has 0 saturated carbocycles. The van der Waals surface area contributed by atoms with Gasteiger partial charge in [-0.2, -0.15) is 0 Å². The minimum absolute atomic E-state index is 0.473. The molecule has 156 valence electrons. The summed E-state index contributed by atoms with van der Waals surface area (Å²) in [5, 5.41) is 0. The third-order valence-corrected chi connectivity index (χ3v) is 26.0. The van der Waals surface area contributed by atoms with Crippen LogP contribution in [0, 0.1) is 20.8 Å². The van der Waals surface area contributed by atoms with Crippen molar-refractivity contribution in [2.75, 3.05) is 0 Å². The van der Waals surface area contributed by atoms with Crippen molar-refractivity contribution in [3.05, 3.63) is 89.5 Å². The van der Waals surface area contributed by atoms with Gasteiger partial charge in [0.2, 0.25) is 0 Å². The average molecular weight is 600 g/mol. The Morgan fingerprint density at radius 1 is 0.567 bits per heavy atom. The molecule has 0 spiro atoms. The maximum absolute atomic E-state index is 12.7. The van der Waals surface area contributed by atoms with Crippen LogP contribution in [-0.4, -0.2) is 31.6 Å². The average Bonchev–Trinajstić information content (AvgIpc) is 2.67. The number of carbonyl (C=O) groups excluding carboxylic acids is 2. The molecule has 0 aliphatic carbocycles. The van der Waals surface area contributed by atoms with E-state index in [0.29, 0.717) is 0 Å². The minimum atomic E-state index is -5.82. The van der Waals surface area contributed by atoms with Crippen molar-refractivity contribution in [2.45, 2.75) is 34.6 Å². The first kappa shape index (κ1) is 22.2. The van der Waals surface area contributed by atoms with Crippen molar-refractivity contribution < 1.29 is 15.2 Å². The molecule has 0 heterocycles. The molecule has 0 N–H and O–H groups in total. The van der Waals surface area contributed by atoms with Crippen LogP contribution in [0.2, 0.25) is 0 Å². The van der Waals surface area contributed by atoms with E-state index in [2.05, 4.69) is 0 Å². The van der Waals surface area contributed by atoms with Crippen LogP contribution in [0.25, 0.3) is 0 Å². The number of rotatable bonds is 5. The Balaban J connectivity index is 2.71. The van der Waals surface area contributed by atoms with Crippen molar-refractivity contribution in [3.8, 4) is 0 Å². The zero-order chi connectivity index (χ0) is 22.0. The number of aryl methyl sites for hydroxylation is 3. The van der Waals surface area contributed by atoms with Gasteiger partial charge in [-0.3, -0.25) is 0 Å². The van der Waals surface area contributed by atoms with E-state index in [-0.39, 0.29) is 0 Å². The molecule has 30 heavy (non-hydrogen) atoms. The van der Waals surface area contributed by atoms with Crippen LogP contribution < -0.4 is 9.81 Å². The molecule has 3 rings (SSSR count). The summed E-state index contributed by atoms with van der Waals surface area (Å²) in [6.07, 6.45) is 0. The van der Waals surface area contributed by atoms with Gasteiger partial charge in [0.05, 0.1) is 0 Å². The summed E-state index contributed by atoms with van der Waals surface area (Å²) in [6.45, 7) is 8.66. The Morgan fingerprint density at radius 2 is 0.833 bits per heavy atom. The van der Waals surface area contributed by atoms with E-state index in [1.807, 2.05) is 93.6 Å². The normalized spacial score (nSPS) is 12.5. The zero-order valence-corrected chi connectivity index (χ0v) is 21.5. The van der Waals surface area contributed by atoms with E-state index in [9.17, 15) is 9.59 Å². The van der Waals surface area contributed by atoms with Gasteiger partial charge in [0.1, 0.15) is 0 Å². The molecular weight excluding hydrogens is 573 g/mol. The predicted octanol–water partition coefficient (Wildman–Crippen LogP) is 3.16. The second-order valence-corrected chi connectivity index (χ2v) is 22.0. The van der Waals surface area contributed by atoms with Gasteiger partial charge in [-0.15, -0.1) is 0 Å². The molecule has 0 aromatic heterocycles. The molecular formula is C25H27BiO4. The summed E-state index contributed by atoms with van der Waals surface area (Å²) < 4.78 is 15.3. The van der Waals surface area contributed by atoms with Crippen molar-refractivity contribution in [1.29, 1.82) is 0 Å². The molecule has 4 nitrogen and oxygen atoms in total. The van der Waals surface area contributed by atoms with Crippen LogP contribution in [0.5, 0.6) is 0 Å². The summed E-state index contributed by atoms with van der Waals surface area (Å²) in [7, 11) is 0. The Bertz CT molecular complexity index is 986. The number of benzene rings is 3. The van der Waals surface area contributed by atoms with E-state index in [4.69, 9.17) is 5.63 Å². The molecule has 0 unspecified atom stereocenters. The Kier molecular flexibility index (Phi) is 6.14. The van der Waals surface area contributed by atoms with E-state index in [1.54, 1.807) is 0 Å². The van der Waals surface area contributed by atoms with Crippen LogP contribution >= 0.6 is 0 Å². The van der Waals surface area contributed by atoms with Gasteiger partial charge in [-0.05, 0) is 0 Å². The van der Waals surface area contributed by atoms with Crippen LogP contribution in [-0.2, 0) is 15.2 Å². The van der Waals surface area contributed by atoms with Gasteiger partial charge in [0.15, 0.2) is 0 Å². The van der Waals surface area contributed by atoms with E-state index >= 15 is 0 Å². The summed E-state index contributed by atoms with van der Waals surface area (Å²) in [4.78, 5) is 25.5. The summed E-state index contributed by atoms with van der Waals surface area (Å²) in [6, 6.07) is 23.2. The number of hydrogen-bond acceptors (Lipinski definition) is 4. The van der Waals surface area contributed by atoms with Gasteiger partial charge < -0.3 is 0 Å². The SMILES string of the molecule is CC(=O)[O][Bi]([O]C(C)=O)([c]1ccccc1C)([c]1ccccc1C)[c]1ccccc1C. The van der Waals surface area contributed by atoms with Gasteiger partial charge in [0.25, 0.3) is 0 Å². The van der Waals surface area contributed by atoms with E-state index in [0.717, 1.165) is 26.5 Å². The molecule has 0 radical (unpaired) electrons. The first-order valence-corrected chi connectivity index (χ1v) is 17.9. The molecule has 0 aliphatic rings. The molecule has 0 saturated heterocycles. The van der Waals surface area contributed by atoms with Gasteiger partial charge in [0, 0.05) is 0 Å². The Morgan fingerprint density at radius 3 is 1.07 bits per heavy atom. The molecule has 0 fully saturated rings. The second-order valence-electron chi connectivity index (χ2n) is 7.48. The van der Waals surface area contributed by atoms with Gasteiger partial charge in [-0.1, -0.05) is 0 Å². The Labute approximate surface area is 180 Å². The Hall–Kier alpha value is -2.52. The van der Waals surface area contributed by atoms with E-state index < -0.39 is 31.6 Å². The quantitative estimate of drug-likeness (QED) is 0.423. The van der Waals surface area contributed by atoms with Gasteiger partial charge in [-0.25, -0.2) is 0 Å². The van der Waals surface area contributed by atoms with Crippen molar-refractivity contribution in [1.82, 2.24) is 0 Å². The fourth-order valence-electron chi connectivity index (χ4n) is 4.25. The van der Waals surface area contributed by atoms with Crippen molar-refractivity contribution in [3.63, 3.8) is 0 Å². The first-order valence-electron chi connectivity index (χ1n) is 9.83. The zero-order valence-electron chi connectivity index (χ0n) is 18.0. The van der Waals surface area contributed by atoms with Crippen LogP contribution in [0.4, 0.5) is 0 Å². The molecule has 5 heteroatoms. The summed E-state index contributed by atoms with van der Waals surface area (Å²) in [5.74, 6) is -0.947. The fourth-order valence-corrected chi connectivity index (χ4v) is 26.0. The van der Waals surface area contributed by atoms with Crippen molar-refractivity contribution >= 4 is 41.4 Å². The molecule has 3 aromatic rings. The number of hydrogen-bond donors (Lipinski definition) is 0.